The minimum atomic E-state index is -1.39. The summed E-state index contributed by atoms with van der Waals surface area (Å²) in [6.45, 7) is 0.793. The largest absolute Gasteiger partial charge is 0.462 e. The van der Waals surface area contributed by atoms with Gasteiger partial charge in [-0.15, -0.1) is 6.42 Å². The molecule has 4 heteroatoms. The molecule has 1 N–H and O–H groups in total. The average molecular weight is 323 g/mol. The Morgan fingerprint density at radius 1 is 1.08 bits per heavy atom. The third-order valence-corrected chi connectivity index (χ3v) is 3.61. The van der Waals surface area contributed by atoms with E-state index in [4.69, 9.17) is 15.9 Å². The first-order valence-electron chi connectivity index (χ1n) is 7.76. The summed E-state index contributed by atoms with van der Waals surface area (Å²) in [5.41, 5.74) is -0.0235. The van der Waals surface area contributed by atoms with E-state index in [0.29, 0.717) is 17.7 Å². The molecule has 24 heavy (non-hydrogen) atoms. The summed E-state index contributed by atoms with van der Waals surface area (Å²) in [5.74, 6) is 1.96. The van der Waals surface area contributed by atoms with Crippen molar-refractivity contribution in [1.82, 2.24) is 5.32 Å². The number of esters is 1. The minimum absolute atomic E-state index is 0.00901. The lowest BCUT2D eigenvalue weighted by molar-refractivity contribution is -0.167. The van der Waals surface area contributed by atoms with Gasteiger partial charge in [0.1, 0.15) is 13.2 Å². The SMILES string of the molecule is C#CCOC(C(=O)OCCNC)(c1ccccc1)c1ccccc1. The molecule has 0 aliphatic heterocycles. The topological polar surface area (TPSA) is 47.6 Å². The molecule has 0 spiro atoms. The van der Waals surface area contributed by atoms with E-state index in [1.807, 2.05) is 60.7 Å². The Kier molecular flexibility index (Phi) is 6.56. The van der Waals surface area contributed by atoms with Gasteiger partial charge in [0.2, 0.25) is 5.60 Å². The van der Waals surface area contributed by atoms with Crippen molar-refractivity contribution in [2.45, 2.75) is 5.60 Å². The molecule has 0 atom stereocenters. The minimum Gasteiger partial charge on any atom is -0.462 e. The number of carbonyl (C=O) groups is 1. The van der Waals surface area contributed by atoms with Gasteiger partial charge < -0.3 is 14.8 Å². The van der Waals surface area contributed by atoms with Crippen molar-refractivity contribution in [2.24, 2.45) is 0 Å². The monoisotopic (exact) mass is 323 g/mol. The fraction of sp³-hybridized carbons (Fsp3) is 0.250. The van der Waals surface area contributed by atoms with Crippen LogP contribution >= 0.6 is 0 Å². The van der Waals surface area contributed by atoms with Gasteiger partial charge >= 0.3 is 5.97 Å². The molecule has 0 amide bonds. The van der Waals surface area contributed by atoms with Crippen molar-refractivity contribution in [3.8, 4) is 12.3 Å². The molecule has 124 valence electrons. The van der Waals surface area contributed by atoms with E-state index in [2.05, 4.69) is 11.2 Å². The van der Waals surface area contributed by atoms with E-state index in [1.165, 1.54) is 0 Å². The van der Waals surface area contributed by atoms with Crippen molar-refractivity contribution in [2.75, 3.05) is 26.8 Å². The molecule has 0 fully saturated rings. The normalized spacial score (nSPS) is 10.8. The second-order valence-electron chi connectivity index (χ2n) is 5.15. The van der Waals surface area contributed by atoms with Crippen molar-refractivity contribution < 1.29 is 14.3 Å². The van der Waals surface area contributed by atoms with E-state index in [1.54, 1.807) is 7.05 Å². The molecule has 0 aliphatic carbocycles. The van der Waals surface area contributed by atoms with Gasteiger partial charge in [-0.25, -0.2) is 4.79 Å². The first-order valence-corrected chi connectivity index (χ1v) is 7.76. The molecule has 2 aromatic rings. The zero-order chi connectivity index (χ0) is 17.3. The molecule has 0 radical (unpaired) electrons. The molecule has 0 saturated carbocycles. The second kappa shape index (κ2) is 8.88. The summed E-state index contributed by atoms with van der Waals surface area (Å²) < 4.78 is 11.4. The van der Waals surface area contributed by atoms with E-state index in [0.717, 1.165) is 0 Å². The summed E-state index contributed by atoms with van der Waals surface area (Å²) in [7, 11) is 1.80. The molecule has 0 aromatic heterocycles. The van der Waals surface area contributed by atoms with Gasteiger partial charge in [-0.1, -0.05) is 66.6 Å². The zero-order valence-electron chi connectivity index (χ0n) is 13.7. The highest BCUT2D eigenvalue weighted by molar-refractivity contribution is 5.86. The average Bonchev–Trinajstić information content (AvgIpc) is 2.64. The fourth-order valence-corrected chi connectivity index (χ4v) is 2.47. The number of nitrogens with one attached hydrogen (secondary N) is 1. The lowest BCUT2D eigenvalue weighted by atomic mass is 9.86. The smallest absolute Gasteiger partial charge is 0.347 e. The summed E-state index contributed by atoms with van der Waals surface area (Å²) >= 11 is 0. The van der Waals surface area contributed by atoms with Crippen LogP contribution in [0.15, 0.2) is 60.7 Å². The maximum Gasteiger partial charge on any atom is 0.347 e. The molecule has 4 nitrogen and oxygen atoms in total. The van der Waals surface area contributed by atoms with Crippen LogP contribution in [-0.2, 0) is 19.9 Å². The maximum atomic E-state index is 13.0. The zero-order valence-corrected chi connectivity index (χ0v) is 13.7. The van der Waals surface area contributed by atoms with Gasteiger partial charge in [0, 0.05) is 6.54 Å². The Labute approximate surface area is 142 Å². The Balaban J connectivity index is 2.52. The highest BCUT2D eigenvalue weighted by atomic mass is 16.6. The lowest BCUT2D eigenvalue weighted by Gasteiger charge is -2.32. The number of benzene rings is 2. The van der Waals surface area contributed by atoms with Gasteiger partial charge in [0.15, 0.2) is 0 Å². The van der Waals surface area contributed by atoms with Crippen LogP contribution in [-0.4, -0.2) is 32.8 Å². The van der Waals surface area contributed by atoms with Crippen LogP contribution < -0.4 is 5.32 Å². The molecule has 0 bridgehead atoms. The lowest BCUT2D eigenvalue weighted by Crippen LogP contribution is -2.42. The highest BCUT2D eigenvalue weighted by Gasteiger charge is 2.45. The van der Waals surface area contributed by atoms with Gasteiger partial charge in [-0.05, 0) is 18.2 Å². The molecular weight excluding hydrogens is 302 g/mol. The Bertz CT molecular complexity index is 638. The molecule has 0 heterocycles. The van der Waals surface area contributed by atoms with Crippen molar-refractivity contribution in [3.63, 3.8) is 0 Å². The van der Waals surface area contributed by atoms with Crippen LogP contribution in [0.25, 0.3) is 0 Å². The van der Waals surface area contributed by atoms with Gasteiger partial charge in [-0.2, -0.15) is 0 Å². The Morgan fingerprint density at radius 2 is 1.62 bits per heavy atom. The molecule has 2 aromatic carbocycles. The molecular formula is C20H21NO3. The van der Waals surface area contributed by atoms with E-state index in [-0.39, 0.29) is 13.2 Å². The first-order chi connectivity index (χ1) is 11.8. The number of ether oxygens (including phenoxy) is 2. The summed E-state index contributed by atoms with van der Waals surface area (Å²) in [6.07, 6.45) is 5.38. The summed E-state index contributed by atoms with van der Waals surface area (Å²) in [5, 5.41) is 2.95. The number of likely N-dealkylation sites (N-methyl/N-ethyl adjacent to an activating group) is 1. The number of terminal acetylenes is 1. The molecule has 0 saturated heterocycles. The third-order valence-electron chi connectivity index (χ3n) is 3.61. The quantitative estimate of drug-likeness (QED) is 0.460. The van der Waals surface area contributed by atoms with Crippen LogP contribution in [0.3, 0.4) is 0 Å². The first kappa shape index (κ1) is 17.7. The van der Waals surface area contributed by atoms with Crippen LogP contribution in [0.4, 0.5) is 0 Å². The van der Waals surface area contributed by atoms with Crippen LogP contribution in [0, 0.1) is 12.3 Å². The Hall–Kier alpha value is -2.61. The standard InChI is InChI=1S/C20H21NO3/c1-3-15-24-20(17-10-6-4-7-11-17,18-12-8-5-9-13-18)19(22)23-16-14-21-2/h1,4-13,21H,14-16H2,2H3. The van der Waals surface area contributed by atoms with Crippen LogP contribution in [0.5, 0.6) is 0 Å². The number of hydrogen-bond acceptors (Lipinski definition) is 4. The summed E-state index contributed by atoms with van der Waals surface area (Å²) in [6, 6.07) is 18.5. The third kappa shape index (κ3) is 3.83. The molecule has 0 aliphatic rings. The van der Waals surface area contributed by atoms with E-state index >= 15 is 0 Å². The number of carbonyl (C=O) groups excluding carboxylic acids is 1. The van der Waals surface area contributed by atoms with E-state index in [9.17, 15) is 4.79 Å². The van der Waals surface area contributed by atoms with Crippen LogP contribution in [0.1, 0.15) is 11.1 Å². The van der Waals surface area contributed by atoms with Crippen molar-refractivity contribution >= 4 is 5.97 Å². The molecule has 2 rings (SSSR count). The van der Waals surface area contributed by atoms with E-state index < -0.39 is 11.6 Å². The van der Waals surface area contributed by atoms with Crippen molar-refractivity contribution in [1.29, 1.82) is 0 Å². The van der Waals surface area contributed by atoms with Crippen molar-refractivity contribution in [3.05, 3.63) is 71.8 Å². The van der Waals surface area contributed by atoms with Crippen LogP contribution in [0.2, 0.25) is 0 Å². The predicted molar refractivity (Wildman–Crippen MR) is 93.3 cm³/mol. The van der Waals surface area contributed by atoms with Gasteiger partial charge in [0.05, 0.1) is 0 Å². The second-order valence-corrected chi connectivity index (χ2v) is 5.15. The van der Waals surface area contributed by atoms with Gasteiger partial charge in [-0.3, -0.25) is 0 Å². The Morgan fingerprint density at radius 3 is 2.08 bits per heavy atom. The predicted octanol–water partition coefficient (Wildman–Crippen LogP) is 2.34. The summed E-state index contributed by atoms with van der Waals surface area (Å²) in [4.78, 5) is 13.0. The maximum absolute atomic E-state index is 13.0. The van der Waals surface area contributed by atoms with Gasteiger partial charge in [0.25, 0.3) is 0 Å². The number of hydrogen-bond donors (Lipinski definition) is 1. The molecule has 0 unspecified atom stereocenters. The number of rotatable bonds is 8. The highest BCUT2D eigenvalue weighted by Crippen LogP contribution is 2.35. The fourth-order valence-electron chi connectivity index (χ4n) is 2.47.